The maximum atomic E-state index is 13.8. The van der Waals surface area contributed by atoms with Crippen molar-refractivity contribution in [1.82, 2.24) is 0 Å². The minimum atomic E-state index is -0.719. The SMILES string of the molecule is [NH3+]Cc1ccc(F)c(Oc2ccccc2)c1F. The number of halogens is 2. The van der Waals surface area contributed by atoms with Gasteiger partial charge in [0.1, 0.15) is 12.3 Å². The summed E-state index contributed by atoms with van der Waals surface area (Å²) in [4.78, 5) is 0. The Kier molecular flexibility index (Phi) is 3.35. The first-order valence-electron chi connectivity index (χ1n) is 5.21. The van der Waals surface area contributed by atoms with Crippen LogP contribution in [0.15, 0.2) is 42.5 Å². The molecular formula is C13H12F2NO+. The van der Waals surface area contributed by atoms with Gasteiger partial charge in [0, 0.05) is 5.56 Å². The Labute approximate surface area is 97.6 Å². The number of quaternary nitrogens is 1. The third kappa shape index (κ3) is 2.42. The number of hydrogen-bond acceptors (Lipinski definition) is 1. The molecule has 0 radical (unpaired) electrons. The van der Waals surface area contributed by atoms with Crippen molar-refractivity contribution in [3.63, 3.8) is 0 Å². The second kappa shape index (κ2) is 4.93. The first-order valence-corrected chi connectivity index (χ1v) is 5.21. The van der Waals surface area contributed by atoms with Gasteiger partial charge in [-0.05, 0) is 24.3 Å². The standard InChI is InChI=1S/C13H11F2NO/c14-11-7-6-9(8-16)12(15)13(11)17-10-4-2-1-3-5-10/h1-7H,8,16H2/p+1. The van der Waals surface area contributed by atoms with E-state index in [2.05, 4.69) is 5.73 Å². The molecule has 0 aliphatic heterocycles. The molecule has 0 spiro atoms. The maximum absolute atomic E-state index is 13.8. The molecule has 4 heteroatoms. The molecule has 0 unspecified atom stereocenters. The molecule has 0 aromatic heterocycles. The van der Waals surface area contributed by atoms with Gasteiger partial charge in [-0.3, -0.25) is 0 Å². The smallest absolute Gasteiger partial charge is 0.199 e. The van der Waals surface area contributed by atoms with Crippen LogP contribution in [0.25, 0.3) is 0 Å². The molecule has 0 atom stereocenters. The molecule has 2 aromatic carbocycles. The van der Waals surface area contributed by atoms with Crippen LogP contribution in [-0.2, 0) is 6.54 Å². The topological polar surface area (TPSA) is 36.9 Å². The van der Waals surface area contributed by atoms with E-state index in [0.717, 1.165) is 0 Å². The molecule has 0 amide bonds. The van der Waals surface area contributed by atoms with Crippen molar-refractivity contribution in [1.29, 1.82) is 0 Å². The summed E-state index contributed by atoms with van der Waals surface area (Å²) in [6.07, 6.45) is 0. The fraction of sp³-hybridized carbons (Fsp3) is 0.0769. The van der Waals surface area contributed by atoms with Crippen LogP contribution in [0, 0.1) is 11.6 Å². The Hall–Kier alpha value is -1.94. The zero-order valence-electron chi connectivity index (χ0n) is 9.12. The lowest BCUT2D eigenvalue weighted by atomic mass is 10.2. The van der Waals surface area contributed by atoms with Gasteiger partial charge in [0.05, 0.1) is 0 Å². The molecule has 0 bridgehead atoms. The van der Waals surface area contributed by atoms with E-state index in [0.29, 0.717) is 11.3 Å². The highest BCUT2D eigenvalue weighted by Gasteiger charge is 2.15. The molecule has 0 fully saturated rings. The number of rotatable bonds is 3. The van der Waals surface area contributed by atoms with Crippen molar-refractivity contribution in [3.05, 3.63) is 59.7 Å². The van der Waals surface area contributed by atoms with Crippen LogP contribution in [0.4, 0.5) is 8.78 Å². The van der Waals surface area contributed by atoms with Crippen LogP contribution >= 0.6 is 0 Å². The number of hydrogen-bond donors (Lipinski definition) is 1. The lowest BCUT2D eigenvalue weighted by molar-refractivity contribution is -0.387. The van der Waals surface area contributed by atoms with Gasteiger partial charge in [0.2, 0.25) is 0 Å². The van der Waals surface area contributed by atoms with E-state index in [1.54, 1.807) is 30.3 Å². The van der Waals surface area contributed by atoms with Crippen molar-refractivity contribution >= 4 is 0 Å². The molecule has 2 rings (SSSR count). The van der Waals surface area contributed by atoms with E-state index in [4.69, 9.17) is 4.74 Å². The quantitative estimate of drug-likeness (QED) is 0.873. The van der Waals surface area contributed by atoms with Gasteiger partial charge in [-0.1, -0.05) is 18.2 Å². The Morgan fingerprint density at radius 1 is 1.00 bits per heavy atom. The summed E-state index contributed by atoms with van der Waals surface area (Å²) in [7, 11) is 0. The Bertz CT molecular complexity index is 514. The van der Waals surface area contributed by atoms with Crippen molar-refractivity contribution in [2.45, 2.75) is 6.54 Å². The molecule has 0 aliphatic rings. The summed E-state index contributed by atoms with van der Waals surface area (Å²) in [6.45, 7) is 0.247. The van der Waals surface area contributed by atoms with Crippen LogP contribution in [0.5, 0.6) is 11.5 Å². The minimum absolute atomic E-state index is 0.247. The summed E-state index contributed by atoms with van der Waals surface area (Å²) < 4.78 is 32.5. The van der Waals surface area contributed by atoms with Gasteiger partial charge < -0.3 is 10.5 Å². The fourth-order valence-corrected chi connectivity index (χ4v) is 1.47. The van der Waals surface area contributed by atoms with Gasteiger partial charge in [-0.2, -0.15) is 0 Å². The van der Waals surface area contributed by atoms with Crippen molar-refractivity contribution in [2.75, 3.05) is 0 Å². The zero-order valence-corrected chi connectivity index (χ0v) is 9.12. The number of benzene rings is 2. The summed E-state index contributed by atoms with van der Waals surface area (Å²) in [5.74, 6) is -1.39. The molecule has 2 nitrogen and oxygen atoms in total. The highest BCUT2D eigenvalue weighted by atomic mass is 19.1. The van der Waals surface area contributed by atoms with Crippen LogP contribution in [0.2, 0.25) is 0 Å². The normalized spacial score (nSPS) is 10.3. The van der Waals surface area contributed by atoms with Gasteiger partial charge in [-0.25, -0.2) is 8.78 Å². The second-order valence-corrected chi connectivity index (χ2v) is 3.51. The Morgan fingerprint density at radius 2 is 1.71 bits per heavy atom. The van der Waals surface area contributed by atoms with Gasteiger partial charge in [0.25, 0.3) is 0 Å². The molecule has 88 valence electrons. The van der Waals surface area contributed by atoms with E-state index in [1.807, 2.05) is 0 Å². The van der Waals surface area contributed by atoms with Crippen LogP contribution in [0.3, 0.4) is 0 Å². The third-order valence-electron chi connectivity index (χ3n) is 2.36. The van der Waals surface area contributed by atoms with Crippen molar-refractivity contribution in [3.8, 4) is 11.5 Å². The van der Waals surface area contributed by atoms with Gasteiger partial charge in [0.15, 0.2) is 17.4 Å². The van der Waals surface area contributed by atoms with Gasteiger partial charge >= 0.3 is 0 Å². The summed E-state index contributed by atoms with van der Waals surface area (Å²) in [6, 6.07) is 11.1. The molecular weight excluding hydrogens is 224 g/mol. The monoisotopic (exact) mass is 236 g/mol. The fourth-order valence-electron chi connectivity index (χ4n) is 1.47. The van der Waals surface area contributed by atoms with Crippen molar-refractivity contribution < 1.29 is 19.3 Å². The largest absolute Gasteiger partial charge is 0.451 e. The van der Waals surface area contributed by atoms with E-state index in [-0.39, 0.29) is 12.3 Å². The Balaban J connectivity index is 2.38. The predicted molar refractivity (Wildman–Crippen MR) is 59.5 cm³/mol. The van der Waals surface area contributed by atoms with Crippen LogP contribution in [0.1, 0.15) is 5.56 Å². The maximum Gasteiger partial charge on any atom is 0.199 e. The summed E-state index contributed by atoms with van der Waals surface area (Å²) in [5, 5.41) is 0. The highest BCUT2D eigenvalue weighted by Crippen LogP contribution is 2.29. The number of para-hydroxylation sites is 1. The highest BCUT2D eigenvalue weighted by molar-refractivity contribution is 5.36. The van der Waals surface area contributed by atoms with E-state index in [1.165, 1.54) is 12.1 Å². The third-order valence-corrected chi connectivity index (χ3v) is 2.36. The molecule has 17 heavy (non-hydrogen) atoms. The minimum Gasteiger partial charge on any atom is -0.451 e. The first kappa shape index (κ1) is 11.5. The molecule has 0 saturated carbocycles. The molecule has 0 heterocycles. The molecule has 3 N–H and O–H groups in total. The predicted octanol–water partition coefficient (Wildman–Crippen LogP) is 2.50. The van der Waals surface area contributed by atoms with Crippen LogP contribution in [-0.4, -0.2) is 0 Å². The number of ether oxygens (including phenoxy) is 1. The summed E-state index contributed by atoms with van der Waals surface area (Å²) >= 11 is 0. The van der Waals surface area contributed by atoms with E-state index in [9.17, 15) is 8.78 Å². The second-order valence-electron chi connectivity index (χ2n) is 3.51. The van der Waals surface area contributed by atoms with Crippen LogP contribution < -0.4 is 10.5 Å². The van der Waals surface area contributed by atoms with Gasteiger partial charge in [-0.15, -0.1) is 0 Å². The van der Waals surface area contributed by atoms with E-state index < -0.39 is 11.6 Å². The average Bonchev–Trinajstić information content (AvgIpc) is 2.36. The lowest BCUT2D eigenvalue weighted by Crippen LogP contribution is -2.47. The molecule has 2 aromatic rings. The van der Waals surface area contributed by atoms with Crippen molar-refractivity contribution in [2.24, 2.45) is 0 Å². The Morgan fingerprint density at radius 3 is 2.35 bits per heavy atom. The molecule has 0 aliphatic carbocycles. The zero-order chi connectivity index (χ0) is 12.3. The summed E-state index contributed by atoms with van der Waals surface area (Å²) in [5.41, 5.74) is 3.91. The lowest BCUT2D eigenvalue weighted by Gasteiger charge is -2.09. The average molecular weight is 236 g/mol. The van der Waals surface area contributed by atoms with E-state index >= 15 is 0 Å². The first-order chi connectivity index (χ1) is 8.22. The molecule has 0 saturated heterocycles.